The second-order valence-electron chi connectivity index (χ2n) is 7.80. The Balaban J connectivity index is 1.83. The van der Waals surface area contributed by atoms with Crippen LogP contribution in [0.3, 0.4) is 0 Å². The summed E-state index contributed by atoms with van der Waals surface area (Å²) in [6.07, 6.45) is 0. The van der Waals surface area contributed by atoms with Crippen molar-refractivity contribution < 1.29 is 28.6 Å². The Morgan fingerprint density at radius 3 is 2.41 bits per heavy atom. The van der Waals surface area contributed by atoms with Crippen LogP contribution in [0.5, 0.6) is 11.5 Å². The lowest BCUT2D eigenvalue weighted by molar-refractivity contribution is -0.140. The number of hydrogen-bond donors (Lipinski definition) is 1. The molecule has 1 unspecified atom stereocenters. The van der Waals surface area contributed by atoms with Gasteiger partial charge in [0.2, 0.25) is 0 Å². The third-order valence-corrected chi connectivity index (χ3v) is 5.92. The van der Waals surface area contributed by atoms with E-state index in [-0.39, 0.29) is 28.5 Å². The van der Waals surface area contributed by atoms with Crippen molar-refractivity contribution in [2.45, 2.75) is 26.4 Å². The van der Waals surface area contributed by atoms with Crippen molar-refractivity contribution >= 4 is 29.1 Å². The fraction of sp³-hybridized carbons (Fsp3) is 0.231. The molecule has 0 aliphatic carbocycles. The smallest absolute Gasteiger partial charge is 0.296 e. The van der Waals surface area contributed by atoms with Crippen LogP contribution in [0, 0.1) is 6.92 Å². The lowest BCUT2D eigenvalue weighted by Gasteiger charge is -2.23. The highest BCUT2D eigenvalue weighted by Gasteiger charge is 2.47. The highest BCUT2D eigenvalue weighted by Crippen LogP contribution is 2.42. The predicted molar refractivity (Wildman–Crippen MR) is 127 cm³/mol. The molecule has 1 aromatic heterocycles. The molecule has 2 heterocycles. The molecule has 2 aromatic carbocycles. The molecule has 8 heteroatoms. The van der Waals surface area contributed by atoms with Crippen LogP contribution in [0.2, 0.25) is 5.02 Å². The number of halogens is 1. The molecule has 0 saturated carbocycles. The van der Waals surface area contributed by atoms with E-state index in [2.05, 4.69) is 0 Å². The monoisotopic (exact) mass is 481 g/mol. The molecule has 176 valence electrons. The zero-order valence-corrected chi connectivity index (χ0v) is 19.8. The first-order valence-electron chi connectivity index (χ1n) is 10.7. The molecule has 34 heavy (non-hydrogen) atoms. The number of aryl methyl sites for hydroxylation is 1. The number of ketones is 1. The zero-order valence-electron chi connectivity index (χ0n) is 19.0. The molecule has 4 rings (SSSR count). The average molecular weight is 482 g/mol. The molecular formula is C26H24ClNO6. The maximum atomic E-state index is 13.2. The van der Waals surface area contributed by atoms with E-state index >= 15 is 0 Å². The van der Waals surface area contributed by atoms with Crippen LogP contribution in [0.15, 0.2) is 64.6 Å². The largest absolute Gasteiger partial charge is 0.507 e. The van der Waals surface area contributed by atoms with Gasteiger partial charge in [0.1, 0.15) is 34.8 Å². The normalized spacial score (nSPS) is 17.3. The van der Waals surface area contributed by atoms with Crippen molar-refractivity contribution in [3.8, 4) is 11.5 Å². The second kappa shape index (κ2) is 9.65. The van der Waals surface area contributed by atoms with Crippen LogP contribution in [0.1, 0.15) is 35.6 Å². The van der Waals surface area contributed by atoms with Crippen LogP contribution in [-0.4, -0.2) is 35.4 Å². The van der Waals surface area contributed by atoms with Gasteiger partial charge in [0.05, 0.1) is 24.3 Å². The number of aliphatic hydroxyl groups is 1. The minimum atomic E-state index is -0.928. The summed E-state index contributed by atoms with van der Waals surface area (Å²) >= 11 is 6.35. The van der Waals surface area contributed by atoms with Crippen molar-refractivity contribution in [2.75, 3.05) is 13.7 Å². The molecule has 1 amide bonds. The predicted octanol–water partition coefficient (Wildman–Crippen LogP) is 5.27. The molecule has 1 saturated heterocycles. The van der Waals surface area contributed by atoms with Crippen LogP contribution in [-0.2, 0) is 16.1 Å². The van der Waals surface area contributed by atoms with Crippen LogP contribution in [0.25, 0.3) is 5.76 Å². The number of amides is 1. The van der Waals surface area contributed by atoms with E-state index in [4.69, 9.17) is 25.5 Å². The Labute approximate surface area is 202 Å². The summed E-state index contributed by atoms with van der Waals surface area (Å²) in [7, 11) is 1.57. The molecular weight excluding hydrogens is 458 g/mol. The number of aliphatic hydroxyl groups excluding tert-OH is 1. The molecule has 0 bridgehead atoms. The van der Waals surface area contributed by atoms with Gasteiger partial charge in [-0.25, -0.2) is 0 Å². The number of furan rings is 1. The van der Waals surface area contributed by atoms with Crippen molar-refractivity contribution in [1.82, 2.24) is 4.90 Å². The molecule has 1 aliphatic rings. The number of carbonyl (C=O) groups is 2. The highest BCUT2D eigenvalue weighted by molar-refractivity contribution is 6.46. The second-order valence-corrected chi connectivity index (χ2v) is 8.21. The molecule has 1 fully saturated rings. The fourth-order valence-electron chi connectivity index (χ4n) is 3.95. The number of nitrogens with zero attached hydrogens (tertiary/aromatic N) is 1. The molecule has 0 spiro atoms. The molecule has 0 radical (unpaired) electrons. The Hall–Kier alpha value is -3.71. The molecule has 1 aliphatic heterocycles. The Bertz CT molecular complexity index is 1260. The number of hydrogen-bond acceptors (Lipinski definition) is 6. The van der Waals surface area contributed by atoms with Gasteiger partial charge in [-0.15, -0.1) is 0 Å². The van der Waals surface area contributed by atoms with Gasteiger partial charge in [-0.1, -0.05) is 23.7 Å². The van der Waals surface area contributed by atoms with E-state index < -0.39 is 17.7 Å². The molecule has 3 aromatic rings. The maximum Gasteiger partial charge on any atom is 0.296 e. The van der Waals surface area contributed by atoms with Crippen LogP contribution >= 0.6 is 11.6 Å². The summed E-state index contributed by atoms with van der Waals surface area (Å²) in [4.78, 5) is 27.7. The molecule has 7 nitrogen and oxygen atoms in total. The number of likely N-dealkylation sites (tertiary alicyclic amines) is 1. The SMILES string of the molecule is CCOc1ccc(Cl)c(/C(O)=C2\C(=O)C(=O)N(Cc3ccc(OC)cc3)C2c2ccc(C)o2)c1. The minimum Gasteiger partial charge on any atom is -0.507 e. The third-order valence-electron chi connectivity index (χ3n) is 5.59. The number of rotatable bonds is 7. The lowest BCUT2D eigenvalue weighted by Crippen LogP contribution is -2.29. The standard InChI is InChI=1S/C26H24ClNO6/c1-4-33-18-10-11-20(27)19(13-18)24(29)22-23(21-12-5-15(2)34-21)28(26(31)25(22)30)14-16-6-8-17(32-3)9-7-16/h5-13,23,29H,4,14H2,1-3H3/b24-22+. The zero-order chi connectivity index (χ0) is 24.4. The summed E-state index contributed by atoms with van der Waals surface area (Å²) in [5.74, 6) is 0.182. The Morgan fingerprint density at radius 2 is 1.79 bits per heavy atom. The Morgan fingerprint density at radius 1 is 1.09 bits per heavy atom. The van der Waals surface area contributed by atoms with Crippen molar-refractivity contribution in [1.29, 1.82) is 0 Å². The van der Waals surface area contributed by atoms with E-state index in [9.17, 15) is 14.7 Å². The lowest BCUT2D eigenvalue weighted by atomic mass is 9.99. The minimum absolute atomic E-state index is 0.0941. The number of Topliss-reactive ketones (excluding diaryl/α,β-unsaturated/α-hetero) is 1. The van der Waals surface area contributed by atoms with Gasteiger partial charge in [-0.2, -0.15) is 0 Å². The van der Waals surface area contributed by atoms with Gasteiger partial charge in [-0.3, -0.25) is 9.59 Å². The van der Waals surface area contributed by atoms with Gasteiger partial charge >= 0.3 is 0 Å². The summed E-state index contributed by atoms with van der Waals surface area (Å²) in [6, 6.07) is 14.5. The van der Waals surface area contributed by atoms with Crippen molar-refractivity contribution in [3.63, 3.8) is 0 Å². The first-order chi connectivity index (χ1) is 16.3. The van der Waals surface area contributed by atoms with Crippen molar-refractivity contribution in [2.24, 2.45) is 0 Å². The summed E-state index contributed by atoms with van der Waals surface area (Å²) in [6.45, 7) is 4.14. The first kappa shape index (κ1) is 23.4. The highest BCUT2D eigenvalue weighted by atomic mass is 35.5. The van der Waals surface area contributed by atoms with Gasteiger partial charge in [-0.05, 0) is 61.9 Å². The molecule has 1 N–H and O–H groups in total. The van der Waals surface area contributed by atoms with E-state index in [1.165, 1.54) is 4.90 Å². The van der Waals surface area contributed by atoms with E-state index in [0.29, 0.717) is 29.6 Å². The van der Waals surface area contributed by atoms with Gasteiger partial charge < -0.3 is 23.9 Å². The summed E-state index contributed by atoms with van der Waals surface area (Å²) in [5.41, 5.74) is 0.888. The Kier molecular flexibility index (Phi) is 6.65. The van der Waals surface area contributed by atoms with E-state index in [0.717, 1.165) is 5.56 Å². The number of benzene rings is 2. The topological polar surface area (TPSA) is 89.2 Å². The van der Waals surface area contributed by atoms with Gasteiger partial charge in [0, 0.05) is 12.1 Å². The summed E-state index contributed by atoms with van der Waals surface area (Å²) < 4.78 is 16.5. The van der Waals surface area contributed by atoms with Crippen LogP contribution < -0.4 is 9.47 Å². The average Bonchev–Trinajstić information content (AvgIpc) is 3.36. The number of carbonyl (C=O) groups excluding carboxylic acids is 2. The molecule has 1 atom stereocenters. The maximum absolute atomic E-state index is 13.2. The summed E-state index contributed by atoms with van der Waals surface area (Å²) in [5, 5.41) is 11.5. The number of methoxy groups -OCH3 is 1. The quantitative estimate of drug-likeness (QED) is 0.281. The van der Waals surface area contributed by atoms with E-state index in [1.807, 2.05) is 19.1 Å². The van der Waals surface area contributed by atoms with E-state index in [1.54, 1.807) is 56.5 Å². The number of ether oxygens (including phenoxy) is 2. The first-order valence-corrected chi connectivity index (χ1v) is 11.1. The fourth-order valence-corrected chi connectivity index (χ4v) is 4.16. The third kappa shape index (κ3) is 4.39. The van der Waals surface area contributed by atoms with Gasteiger partial charge in [0.25, 0.3) is 11.7 Å². The van der Waals surface area contributed by atoms with Crippen molar-refractivity contribution in [3.05, 3.63) is 87.8 Å². The van der Waals surface area contributed by atoms with Gasteiger partial charge in [0.15, 0.2) is 0 Å². The van der Waals surface area contributed by atoms with Crippen LogP contribution in [0.4, 0.5) is 0 Å².